The van der Waals surface area contributed by atoms with Gasteiger partial charge in [0.15, 0.2) is 0 Å². The van der Waals surface area contributed by atoms with Crippen molar-refractivity contribution in [2.75, 3.05) is 39.6 Å². The van der Waals surface area contributed by atoms with E-state index in [0.717, 1.165) is 0 Å². The molecule has 9 nitrogen and oxygen atoms in total. The van der Waals surface area contributed by atoms with Gasteiger partial charge in [-0.3, -0.25) is 0 Å². The molecule has 3 unspecified atom stereocenters. The Bertz CT molecular complexity index is 737. The van der Waals surface area contributed by atoms with Crippen molar-refractivity contribution in [1.29, 1.82) is 0 Å². The van der Waals surface area contributed by atoms with Crippen LogP contribution in [0.5, 0.6) is 0 Å². The van der Waals surface area contributed by atoms with Crippen LogP contribution >= 0.6 is 47.7 Å². The summed E-state index contributed by atoms with van der Waals surface area (Å²) in [7, 11) is 2.25. The first-order valence-electron chi connectivity index (χ1n) is 8.73. The standard InChI is InChI=1S/C14H21F3O9P6/c1-14(8-21-5-2-11(18)24-30(15)27,9-22-6-3-12(19)25-31(16)28)10-23-7-4-13(20)26-32(17)29/h2-10H2,1H3. The van der Waals surface area contributed by atoms with Gasteiger partial charge < -0.3 is 0 Å². The van der Waals surface area contributed by atoms with E-state index >= 15 is 0 Å². The average molecular weight is 576 g/mol. The minimum atomic E-state index is -2.61. The average Bonchev–Trinajstić information content (AvgIpc) is 2.64. The van der Waals surface area contributed by atoms with E-state index < -0.39 is 46.0 Å². The van der Waals surface area contributed by atoms with Gasteiger partial charge in [-0.25, -0.2) is 0 Å². The van der Waals surface area contributed by atoms with E-state index in [1.165, 1.54) is 0 Å². The van der Waals surface area contributed by atoms with Crippen molar-refractivity contribution >= 4 is 65.6 Å². The van der Waals surface area contributed by atoms with E-state index in [0.29, 0.717) is 0 Å². The Labute approximate surface area is 191 Å². The molecule has 0 spiro atoms. The molecule has 0 aromatic heterocycles. The van der Waals surface area contributed by atoms with Crippen molar-refractivity contribution < 1.29 is 54.8 Å². The molecular weight excluding hydrogens is 555 g/mol. The molecule has 18 heteroatoms. The van der Waals surface area contributed by atoms with Crippen LogP contribution in [-0.4, -0.2) is 57.5 Å². The normalized spacial score (nSPS) is 14.0. The van der Waals surface area contributed by atoms with Crippen LogP contribution in [0.1, 0.15) is 26.2 Å². The zero-order chi connectivity index (χ0) is 24.6. The van der Waals surface area contributed by atoms with Crippen molar-refractivity contribution in [3.8, 4) is 0 Å². The molecule has 0 aliphatic heterocycles. The van der Waals surface area contributed by atoms with Crippen molar-refractivity contribution in [2.24, 2.45) is 5.41 Å². The summed E-state index contributed by atoms with van der Waals surface area (Å²) in [5.74, 6) is -2.43. The SMILES string of the molecule is CC(COCCC(=O)OP(F)#P)(COCCC(=O)OP(F)#P)COCCC(=O)OP(F)#P. The van der Waals surface area contributed by atoms with Gasteiger partial charge in [0.1, 0.15) is 0 Å². The number of carbonyl (C=O) groups excluding carboxylic acids is 3. The second kappa shape index (κ2) is 18.6. The summed E-state index contributed by atoms with van der Waals surface area (Å²) >= 11 is 0. The zero-order valence-electron chi connectivity index (χ0n) is 16.9. The minimum absolute atomic E-state index is 0.0271. The molecule has 0 aliphatic carbocycles. The monoisotopic (exact) mass is 576 g/mol. The van der Waals surface area contributed by atoms with Crippen LogP contribution in [0.15, 0.2) is 0 Å². The fraction of sp³-hybridized carbons (Fsp3) is 0.786. The van der Waals surface area contributed by atoms with Crippen LogP contribution in [0.3, 0.4) is 0 Å². The summed E-state index contributed by atoms with van der Waals surface area (Å²) in [5, 5.41) is 0. The summed E-state index contributed by atoms with van der Waals surface area (Å²) in [6, 6.07) is 0. The maximum absolute atomic E-state index is 12.5. The van der Waals surface area contributed by atoms with Crippen LogP contribution in [-0.2, 0) is 42.2 Å². The van der Waals surface area contributed by atoms with Crippen LogP contribution in [0, 0.1) is 5.41 Å². The Morgan fingerprint density at radius 2 is 0.906 bits per heavy atom. The number of carbonyl (C=O) groups is 3. The Morgan fingerprint density at radius 1 is 0.656 bits per heavy atom. The van der Waals surface area contributed by atoms with Gasteiger partial charge in [0.2, 0.25) is 0 Å². The summed E-state index contributed by atoms with van der Waals surface area (Å²) in [4.78, 5) is 33.9. The molecule has 0 radical (unpaired) electrons. The molecule has 0 aromatic rings. The topological polar surface area (TPSA) is 107 Å². The fourth-order valence-corrected chi connectivity index (χ4v) is 3.53. The number of rotatable bonds is 15. The van der Waals surface area contributed by atoms with Crippen LogP contribution in [0.2, 0.25) is 0 Å². The van der Waals surface area contributed by atoms with E-state index in [9.17, 15) is 27.0 Å². The summed E-state index contributed by atoms with van der Waals surface area (Å²) in [5.41, 5.74) is -0.791. The first kappa shape index (κ1) is 32.3. The number of ether oxygens (including phenoxy) is 3. The van der Waals surface area contributed by atoms with E-state index in [2.05, 4.69) is 38.6 Å². The van der Waals surface area contributed by atoms with Crippen LogP contribution in [0.4, 0.5) is 12.6 Å². The molecule has 0 rings (SSSR count). The van der Waals surface area contributed by atoms with E-state index in [4.69, 9.17) is 14.2 Å². The molecule has 0 N–H and O–H groups in total. The predicted molar refractivity (Wildman–Crippen MR) is 118 cm³/mol. The summed E-state index contributed by atoms with van der Waals surface area (Å²) in [6.07, 6.45) is -0.611. The first-order chi connectivity index (χ1) is 14.9. The molecule has 0 bridgehead atoms. The van der Waals surface area contributed by atoms with Gasteiger partial charge in [0, 0.05) is 0 Å². The van der Waals surface area contributed by atoms with Crippen molar-refractivity contribution in [3.05, 3.63) is 0 Å². The van der Waals surface area contributed by atoms with Crippen molar-refractivity contribution in [3.63, 3.8) is 0 Å². The third-order valence-corrected chi connectivity index (χ3v) is 5.03. The number of hydrogen-bond acceptors (Lipinski definition) is 9. The Hall–Kier alpha value is 0.270. The number of halogens is 3. The van der Waals surface area contributed by atoms with E-state index in [-0.39, 0.29) is 58.9 Å². The predicted octanol–water partition coefficient (Wildman–Crippen LogP) is 6.66. The summed E-state index contributed by atoms with van der Waals surface area (Å²) < 4.78 is 66.7. The Balaban J connectivity index is 4.55. The first-order valence-corrected chi connectivity index (χ1v) is 15.6. The zero-order valence-corrected chi connectivity index (χ0v) is 22.2. The van der Waals surface area contributed by atoms with Gasteiger partial charge in [-0.05, 0) is 0 Å². The maximum atomic E-state index is 12.5. The molecule has 32 heavy (non-hydrogen) atoms. The quantitative estimate of drug-likeness (QED) is 0.156. The molecular formula is C14H21F3O9P6. The number of hydrogen-bond donors (Lipinski definition) is 0. The summed E-state index contributed by atoms with van der Waals surface area (Å²) in [6.45, 7) is 1.56. The Kier molecular flexibility index (Phi) is 18.7. The molecule has 0 amide bonds. The van der Waals surface area contributed by atoms with Crippen molar-refractivity contribution in [2.45, 2.75) is 26.2 Å². The molecule has 3 atom stereocenters. The molecule has 0 heterocycles. The van der Waals surface area contributed by atoms with Gasteiger partial charge in [-0.15, -0.1) is 0 Å². The van der Waals surface area contributed by atoms with Gasteiger partial charge in [0.05, 0.1) is 0 Å². The molecule has 0 saturated heterocycles. The second-order valence-corrected chi connectivity index (χ2v) is 11.0. The molecule has 0 aromatic carbocycles. The third kappa shape index (κ3) is 19.7. The molecule has 182 valence electrons. The second-order valence-electron chi connectivity index (χ2n) is 6.29. The molecule has 0 saturated carbocycles. The molecule has 0 fully saturated rings. The van der Waals surface area contributed by atoms with E-state index in [1.807, 2.05) is 0 Å². The van der Waals surface area contributed by atoms with Crippen LogP contribution < -0.4 is 0 Å². The third-order valence-electron chi connectivity index (χ3n) is 3.23. The van der Waals surface area contributed by atoms with Gasteiger partial charge in [-0.2, -0.15) is 0 Å². The fourth-order valence-electron chi connectivity index (χ4n) is 1.94. The Morgan fingerprint density at radius 3 is 1.12 bits per heavy atom. The van der Waals surface area contributed by atoms with Gasteiger partial charge in [0.25, 0.3) is 0 Å². The molecule has 0 aliphatic rings. The van der Waals surface area contributed by atoms with E-state index in [1.54, 1.807) is 6.92 Å². The van der Waals surface area contributed by atoms with Gasteiger partial charge in [-0.1, -0.05) is 0 Å². The van der Waals surface area contributed by atoms with Gasteiger partial charge >= 0.3 is 192 Å². The van der Waals surface area contributed by atoms with Crippen molar-refractivity contribution in [1.82, 2.24) is 0 Å². The van der Waals surface area contributed by atoms with Crippen LogP contribution in [0.25, 0.3) is 0 Å².